The van der Waals surface area contributed by atoms with Crippen LogP contribution in [0.4, 0.5) is 0 Å². The van der Waals surface area contributed by atoms with Gasteiger partial charge >= 0.3 is 0 Å². The first kappa shape index (κ1) is 13.1. The molecule has 4 nitrogen and oxygen atoms in total. The zero-order valence-electron chi connectivity index (χ0n) is 8.94. The van der Waals surface area contributed by atoms with E-state index in [0.29, 0.717) is 5.02 Å². The molecule has 0 fully saturated rings. The summed E-state index contributed by atoms with van der Waals surface area (Å²) in [6, 6.07) is 5.61. The lowest BCUT2D eigenvalue weighted by Crippen LogP contribution is -2.44. The monoisotopic (exact) mass is 250 g/mol. The molecule has 0 aliphatic carbocycles. The largest absolute Gasteiger partial charge is 0.368 e. The maximum Gasteiger partial charge on any atom is 0.253 e. The highest BCUT2D eigenvalue weighted by Gasteiger charge is 2.18. The van der Waals surface area contributed by atoms with Crippen molar-refractivity contribution in [3.63, 3.8) is 0 Å². The van der Waals surface area contributed by atoms with E-state index in [0.717, 1.165) is 0 Å². The minimum absolute atomic E-state index is 0.0471. The van der Waals surface area contributed by atoms with Crippen LogP contribution < -0.4 is 11.1 Å². The van der Waals surface area contributed by atoms with Crippen molar-refractivity contribution in [2.75, 3.05) is 0 Å². The predicted octanol–water partition coefficient (Wildman–Crippen LogP) is 0.947. The van der Waals surface area contributed by atoms with Gasteiger partial charge in [0.15, 0.2) is 0 Å². The van der Waals surface area contributed by atoms with E-state index in [1.54, 1.807) is 24.3 Å². The first-order valence-electron chi connectivity index (χ1n) is 4.84. The Hall–Kier alpha value is -1.99. The van der Waals surface area contributed by atoms with Gasteiger partial charge in [-0.1, -0.05) is 23.7 Å². The van der Waals surface area contributed by atoms with Crippen LogP contribution in [0.5, 0.6) is 0 Å². The molecule has 0 saturated carbocycles. The summed E-state index contributed by atoms with van der Waals surface area (Å²) in [6.07, 6.45) is 5.12. The number of halogens is 1. The molecule has 5 heteroatoms. The molecule has 1 atom stereocenters. The van der Waals surface area contributed by atoms with Crippen molar-refractivity contribution in [3.8, 4) is 12.3 Å². The molecule has 0 spiro atoms. The van der Waals surface area contributed by atoms with Gasteiger partial charge in [0.1, 0.15) is 6.04 Å². The molecular weight excluding hydrogens is 240 g/mol. The number of hydrogen-bond acceptors (Lipinski definition) is 2. The summed E-state index contributed by atoms with van der Waals surface area (Å²) in [6.45, 7) is 0. The number of primary amides is 1. The minimum Gasteiger partial charge on any atom is -0.368 e. The van der Waals surface area contributed by atoms with Gasteiger partial charge in [-0.2, -0.15) is 0 Å². The van der Waals surface area contributed by atoms with Crippen molar-refractivity contribution < 1.29 is 9.59 Å². The number of carbonyl (C=O) groups excluding carboxylic acids is 2. The topological polar surface area (TPSA) is 72.2 Å². The summed E-state index contributed by atoms with van der Waals surface area (Å²) in [5.41, 5.74) is 5.38. The average molecular weight is 251 g/mol. The van der Waals surface area contributed by atoms with E-state index in [9.17, 15) is 9.59 Å². The van der Waals surface area contributed by atoms with E-state index >= 15 is 0 Å². The molecule has 0 unspecified atom stereocenters. The fourth-order valence-electron chi connectivity index (χ4n) is 1.22. The lowest BCUT2D eigenvalue weighted by atomic mass is 10.1. The van der Waals surface area contributed by atoms with Crippen molar-refractivity contribution in [1.29, 1.82) is 0 Å². The molecule has 17 heavy (non-hydrogen) atoms. The number of amides is 2. The summed E-state index contributed by atoms with van der Waals surface area (Å²) in [4.78, 5) is 22.8. The summed E-state index contributed by atoms with van der Waals surface area (Å²) < 4.78 is 0. The lowest BCUT2D eigenvalue weighted by molar-refractivity contribution is -0.119. The van der Waals surface area contributed by atoms with E-state index < -0.39 is 17.9 Å². The molecule has 0 aliphatic heterocycles. The quantitative estimate of drug-likeness (QED) is 0.781. The number of terminal acetylenes is 1. The zero-order chi connectivity index (χ0) is 12.8. The molecule has 0 saturated heterocycles. The van der Waals surface area contributed by atoms with Crippen LogP contribution in [-0.2, 0) is 4.79 Å². The molecule has 0 aliphatic rings. The normalized spacial score (nSPS) is 11.3. The van der Waals surface area contributed by atoms with Gasteiger partial charge in [-0.05, 0) is 12.1 Å². The van der Waals surface area contributed by atoms with Crippen LogP contribution in [0, 0.1) is 12.3 Å². The highest BCUT2D eigenvalue weighted by molar-refractivity contribution is 6.33. The summed E-state index contributed by atoms with van der Waals surface area (Å²) >= 11 is 5.84. The van der Waals surface area contributed by atoms with E-state index in [1.807, 2.05) is 0 Å². The average Bonchev–Trinajstić information content (AvgIpc) is 2.28. The first-order chi connectivity index (χ1) is 8.06. The molecule has 1 aromatic carbocycles. The van der Waals surface area contributed by atoms with Gasteiger partial charge < -0.3 is 11.1 Å². The lowest BCUT2D eigenvalue weighted by Gasteiger charge is -2.13. The van der Waals surface area contributed by atoms with E-state index in [1.165, 1.54) is 0 Å². The Balaban J connectivity index is 2.82. The van der Waals surface area contributed by atoms with Crippen molar-refractivity contribution in [2.24, 2.45) is 5.73 Å². The molecule has 88 valence electrons. The van der Waals surface area contributed by atoms with Crippen LogP contribution in [0.1, 0.15) is 16.8 Å². The number of benzene rings is 1. The molecule has 0 aromatic heterocycles. The van der Waals surface area contributed by atoms with Crippen LogP contribution in [0.15, 0.2) is 24.3 Å². The summed E-state index contributed by atoms with van der Waals surface area (Å²) in [5, 5.41) is 2.73. The van der Waals surface area contributed by atoms with Gasteiger partial charge in [-0.3, -0.25) is 9.59 Å². The molecule has 0 bridgehead atoms. The highest BCUT2D eigenvalue weighted by Crippen LogP contribution is 2.14. The molecule has 1 rings (SSSR count). The van der Waals surface area contributed by atoms with Gasteiger partial charge in [0.05, 0.1) is 10.6 Å². The van der Waals surface area contributed by atoms with Crippen molar-refractivity contribution >= 4 is 23.4 Å². The van der Waals surface area contributed by atoms with Crippen LogP contribution in [0.25, 0.3) is 0 Å². The smallest absolute Gasteiger partial charge is 0.253 e. The number of hydrogen-bond donors (Lipinski definition) is 2. The third-order valence-corrected chi connectivity index (χ3v) is 2.42. The number of rotatable bonds is 4. The number of carbonyl (C=O) groups is 2. The number of nitrogens with two attached hydrogens (primary N) is 1. The van der Waals surface area contributed by atoms with Crippen LogP contribution in [0.3, 0.4) is 0 Å². The van der Waals surface area contributed by atoms with Gasteiger partial charge in [0.2, 0.25) is 5.91 Å². The second-order valence-corrected chi connectivity index (χ2v) is 3.72. The molecular formula is C12H11ClN2O2. The second kappa shape index (κ2) is 5.92. The van der Waals surface area contributed by atoms with Crippen LogP contribution in [0.2, 0.25) is 5.02 Å². The minimum atomic E-state index is -0.885. The van der Waals surface area contributed by atoms with E-state index in [-0.39, 0.29) is 12.0 Å². The van der Waals surface area contributed by atoms with Gasteiger partial charge in [0.25, 0.3) is 5.91 Å². The van der Waals surface area contributed by atoms with Crippen LogP contribution >= 0.6 is 11.6 Å². The first-order valence-corrected chi connectivity index (χ1v) is 5.22. The Bertz CT molecular complexity index is 480. The standard InChI is InChI=1S/C12H11ClN2O2/c1-2-5-10(11(14)16)15-12(17)8-6-3-4-7-9(8)13/h1,3-4,6-7,10H,5H2,(H2,14,16)(H,15,17)/t10-/m0/s1. The van der Waals surface area contributed by atoms with E-state index in [2.05, 4.69) is 11.2 Å². The molecule has 1 aromatic rings. The third-order valence-electron chi connectivity index (χ3n) is 2.09. The maximum absolute atomic E-state index is 11.8. The van der Waals surface area contributed by atoms with Gasteiger partial charge in [0, 0.05) is 6.42 Å². The Morgan fingerprint density at radius 3 is 2.65 bits per heavy atom. The van der Waals surface area contributed by atoms with Crippen molar-refractivity contribution in [3.05, 3.63) is 34.9 Å². The molecule has 0 heterocycles. The molecule has 3 N–H and O–H groups in total. The molecule has 0 radical (unpaired) electrons. The predicted molar refractivity (Wildman–Crippen MR) is 65.4 cm³/mol. The number of nitrogens with one attached hydrogen (secondary N) is 1. The Kier molecular flexibility index (Phi) is 4.56. The van der Waals surface area contributed by atoms with Crippen molar-refractivity contribution in [1.82, 2.24) is 5.32 Å². The van der Waals surface area contributed by atoms with Crippen molar-refractivity contribution in [2.45, 2.75) is 12.5 Å². The fourth-order valence-corrected chi connectivity index (χ4v) is 1.44. The highest BCUT2D eigenvalue weighted by atomic mass is 35.5. The summed E-state index contributed by atoms with van der Waals surface area (Å²) in [5.74, 6) is 1.12. The SMILES string of the molecule is C#CC[C@H](NC(=O)c1ccccc1Cl)C(N)=O. The summed E-state index contributed by atoms with van der Waals surface area (Å²) in [7, 11) is 0. The second-order valence-electron chi connectivity index (χ2n) is 3.32. The third kappa shape index (κ3) is 3.51. The van der Waals surface area contributed by atoms with E-state index in [4.69, 9.17) is 23.8 Å². The van der Waals surface area contributed by atoms with Gasteiger partial charge in [-0.25, -0.2) is 0 Å². The van der Waals surface area contributed by atoms with Crippen LogP contribution in [-0.4, -0.2) is 17.9 Å². The Morgan fingerprint density at radius 2 is 2.12 bits per heavy atom. The molecule has 2 amide bonds. The Labute approximate surface area is 104 Å². The Morgan fingerprint density at radius 1 is 1.47 bits per heavy atom. The fraction of sp³-hybridized carbons (Fsp3) is 0.167. The maximum atomic E-state index is 11.8. The zero-order valence-corrected chi connectivity index (χ0v) is 9.70. The van der Waals surface area contributed by atoms with Gasteiger partial charge in [-0.15, -0.1) is 12.3 Å².